The Labute approximate surface area is 175 Å². The molecule has 2 rings (SSSR count). The van der Waals surface area contributed by atoms with E-state index in [1.165, 1.54) is 7.05 Å². The van der Waals surface area contributed by atoms with Crippen LogP contribution in [0.15, 0.2) is 0 Å². The normalized spacial score (nSPS) is 20.8. The van der Waals surface area contributed by atoms with Gasteiger partial charge >= 0.3 is 0 Å². The first-order chi connectivity index (χ1) is 13.7. The van der Waals surface area contributed by atoms with Gasteiger partial charge in [0.05, 0.1) is 17.1 Å². The van der Waals surface area contributed by atoms with Crippen molar-refractivity contribution in [1.82, 2.24) is 14.7 Å². The van der Waals surface area contributed by atoms with Gasteiger partial charge in [0.2, 0.25) is 21.8 Å². The van der Waals surface area contributed by atoms with E-state index in [0.717, 1.165) is 49.3 Å². The second-order valence-corrected chi connectivity index (χ2v) is 11.4. The first-order valence-corrected chi connectivity index (χ1v) is 12.4. The van der Waals surface area contributed by atoms with Crippen molar-refractivity contribution in [2.45, 2.75) is 70.5 Å². The molecular weight excluding hydrogens is 394 g/mol. The van der Waals surface area contributed by atoms with Crippen LogP contribution in [-0.2, 0) is 19.6 Å². The lowest BCUT2D eigenvalue weighted by atomic mass is 9.81. The standard InChI is InChI=1S/C20H37N3O5S/c1-15(2)29(27,28)22(3)14-18(19(24)21-26)17(13-16-9-5-6-10-16)20(25)23-11-7-4-8-12-23/h15-18,26H,4-14H2,1-3H3,(H,21,24)/t17-,18+/m1/s1. The van der Waals surface area contributed by atoms with Crippen LogP contribution in [0.2, 0.25) is 0 Å². The maximum Gasteiger partial charge on any atom is 0.248 e. The van der Waals surface area contributed by atoms with Gasteiger partial charge in [-0.15, -0.1) is 0 Å². The Morgan fingerprint density at radius 1 is 1.07 bits per heavy atom. The number of nitrogens with zero attached hydrogens (tertiary/aromatic N) is 2. The monoisotopic (exact) mass is 431 g/mol. The van der Waals surface area contributed by atoms with Gasteiger partial charge < -0.3 is 4.90 Å². The summed E-state index contributed by atoms with van der Waals surface area (Å²) < 4.78 is 26.3. The second kappa shape index (κ2) is 10.7. The van der Waals surface area contributed by atoms with Crippen LogP contribution in [0.1, 0.15) is 65.2 Å². The minimum atomic E-state index is -3.58. The van der Waals surface area contributed by atoms with Crippen molar-refractivity contribution in [3.8, 4) is 0 Å². The Morgan fingerprint density at radius 3 is 2.17 bits per heavy atom. The number of hydrogen-bond donors (Lipinski definition) is 2. The van der Waals surface area contributed by atoms with E-state index in [1.807, 2.05) is 4.90 Å². The van der Waals surface area contributed by atoms with Crippen LogP contribution < -0.4 is 5.48 Å². The Balaban J connectivity index is 2.29. The molecule has 2 aliphatic rings. The largest absolute Gasteiger partial charge is 0.342 e. The van der Waals surface area contributed by atoms with Crippen LogP contribution in [0, 0.1) is 17.8 Å². The first kappa shape index (κ1) is 24.1. The second-order valence-electron chi connectivity index (χ2n) is 8.84. The Hall–Kier alpha value is -1.19. The zero-order valence-electron chi connectivity index (χ0n) is 18.0. The van der Waals surface area contributed by atoms with E-state index in [1.54, 1.807) is 19.3 Å². The summed E-state index contributed by atoms with van der Waals surface area (Å²) in [6, 6.07) is 0. The van der Waals surface area contributed by atoms with Gasteiger partial charge in [0.15, 0.2) is 0 Å². The fraction of sp³-hybridized carbons (Fsp3) is 0.900. The third-order valence-electron chi connectivity index (χ3n) is 6.46. The van der Waals surface area contributed by atoms with Crippen LogP contribution in [0.25, 0.3) is 0 Å². The molecule has 168 valence electrons. The average molecular weight is 432 g/mol. The summed E-state index contributed by atoms with van der Waals surface area (Å²) in [5.74, 6) is -1.97. The van der Waals surface area contributed by atoms with Crippen molar-refractivity contribution >= 4 is 21.8 Å². The molecule has 0 spiro atoms. The number of likely N-dealkylation sites (tertiary alicyclic amines) is 1. The lowest BCUT2D eigenvalue weighted by molar-refractivity contribution is -0.146. The SMILES string of the molecule is CC(C)S(=O)(=O)N(C)C[C@H](C(=O)NO)[C@@H](CC1CCCC1)C(=O)N1CCCCC1. The van der Waals surface area contributed by atoms with Crippen LogP contribution in [0.3, 0.4) is 0 Å². The highest BCUT2D eigenvalue weighted by atomic mass is 32.2. The summed E-state index contributed by atoms with van der Waals surface area (Å²) in [6.07, 6.45) is 7.83. The summed E-state index contributed by atoms with van der Waals surface area (Å²) in [5.41, 5.74) is 1.68. The van der Waals surface area contributed by atoms with E-state index in [-0.39, 0.29) is 12.5 Å². The fourth-order valence-corrected chi connectivity index (χ4v) is 5.70. The predicted molar refractivity (Wildman–Crippen MR) is 111 cm³/mol. The highest BCUT2D eigenvalue weighted by Crippen LogP contribution is 2.35. The lowest BCUT2D eigenvalue weighted by Gasteiger charge is -2.35. The fourth-order valence-electron chi connectivity index (χ4n) is 4.61. The number of sulfonamides is 1. The van der Waals surface area contributed by atoms with E-state index in [9.17, 15) is 23.2 Å². The van der Waals surface area contributed by atoms with Crippen molar-refractivity contribution in [1.29, 1.82) is 0 Å². The first-order valence-electron chi connectivity index (χ1n) is 10.9. The number of amides is 2. The van der Waals surface area contributed by atoms with Gasteiger partial charge in [-0.05, 0) is 45.4 Å². The van der Waals surface area contributed by atoms with E-state index >= 15 is 0 Å². The van der Waals surface area contributed by atoms with Gasteiger partial charge in [-0.3, -0.25) is 14.8 Å². The molecule has 1 heterocycles. The molecule has 0 bridgehead atoms. The van der Waals surface area contributed by atoms with Crippen LogP contribution in [0.4, 0.5) is 0 Å². The molecule has 1 aliphatic heterocycles. The zero-order chi connectivity index (χ0) is 21.6. The summed E-state index contributed by atoms with van der Waals surface area (Å²) >= 11 is 0. The summed E-state index contributed by atoms with van der Waals surface area (Å²) in [5, 5.41) is 8.71. The zero-order valence-corrected chi connectivity index (χ0v) is 18.8. The summed E-state index contributed by atoms with van der Waals surface area (Å²) in [4.78, 5) is 27.8. The number of carbonyl (C=O) groups excluding carboxylic acids is 2. The molecule has 1 saturated carbocycles. The molecule has 0 aromatic carbocycles. The quantitative estimate of drug-likeness (QED) is 0.429. The Kier molecular flexibility index (Phi) is 8.91. The van der Waals surface area contributed by atoms with Gasteiger partial charge in [0.25, 0.3) is 0 Å². The molecule has 1 saturated heterocycles. The molecule has 0 radical (unpaired) electrons. The van der Waals surface area contributed by atoms with E-state index in [2.05, 4.69) is 0 Å². The number of rotatable bonds is 9. The summed E-state index contributed by atoms with van der Waals surface area (Å²) in [6.45, 7) is 4.40. The third-order valence-corrected chi connectivity index (χ3v) is 8.67. The molecule has 2 atom stereocenters. The van der Waals surface area contributed by atoms with E-state index in [0.29, 0.717) is 25.4 Å². The van der Waals surface area contributed by atoms with Crippen molar-refractivity contribution in [3.05, 3.63) is 0 Å². The minimum Gasteiger partial charge on any atom is -0.342 e. The van der Waals surface area contributed by atoms with Gasteiger partial charge in [-0.2, -0.15) is 0 Å². The van der Waals surface area contributed by atoms with Crippen molar-refractivity contribution in [2.24, 2.45) is 17.8 Å². The predicted octanol–water partition coefficient (Wildman–Crippen LogP) is 1.99. The highest BCUT2D eigenvalue weighted by Gasteiger charge is 2.40. The maximum absolute atomic E-state index is 13.4. The Morgan fingerprint density at radius 2 is 1.66 bits per heavy atom. The van der Waals surface area contributed by atoms with E-state index < -0.39 is 33.0 Å². The molecule has 1 aliphatic carbocycles. The maximum atomic E-state index is 13.4. The highest BCUT2D eigenvalue weighted by molar-refractivity contribution is 7.89. The topological polar surface area (TPSA) is 107 Å². The molecule has 0 unspecified atom stereocenters. The molecule has 9 heteroatoms. The molecule has 0 aromatic rings. The average Bonchev–Trinajstić information content (AvgIpc) is 3.23. The molecule has 29 heavy (non-hydrogen) atoms. The van der Waals surface area contributed by atoms with Crippen LogP contribution >= 0.6 is 0 Å². The number of piperidine rings is 1. The number of hydrogen-bond acceptors (Lipinski definition) is 5. The molecule has 2 fully saturated rings. The third kappa shape index (κ3) is 6.15. The van der Waals surface area contributed by atoms with Crippen molar-refractivity contribution in [3.63, 3.8) is 0 Å². The summed E-state index contributed by atoms with van der Waals surface area (Å²) in [7, 11) is -2.14. The number of hydroxylamine groups is 1. The van der Waals surface area contributed by atoms with Gasteiger partial charge in [-0.25, -0.2) is 18.2 Å². The minimum absolute atomic E-state index is 0.0828. The van der Waals surface area contributed by atoms with Gasteiger partial charge in [-0.1, -0.05) is 25.7 Å². The number of carbonyl (C=O) groups is 2. The number of nitrogens with one attached hydrogen (secondary N) is 1. The van der Waals surface area contributed by atoms with E-state index in [4.69, 9.17) is 0 Å². The molecule has 0 aromatic heterocycles. The molecule has 2 amide bonds. The van der Waals surface area contributed by atoms with Crippen LogP contribution in [-0.4, -0.2) is 66.6 Å². The molecule has 2 N–H and O–H groups in total. The van der Waals surface area contributed by atoms with Crippen molar-refractivity contribution in [2.75, 3.05) is 26.7 Å². The molecular formula is C20H37N3O5S. The van der Waals surface area contributed by atoms with Gasteiger partial charge in [0, 0.05) is 26.7 Å². The Bertz CT molecular complexity index is 655. The van der Waals surface area contributed by atoms with Crippen LogP contribution in [0.5, 0.6) is 0 Å². The lowest BCUT2D eigenvalue weighted by Crippen LogP contribution is -2.50. The molecule has 8 nitrogen and oxygen atoms in total. The van der Waals surface area contributed by atoms with Crippen molar-refractivity contribution < 1.29 is 23.2 Å². The smallest absolute Gasteiger partial charge is 0.248 e. The van der Waals surface area contributed by atoms with Gasteiger partial charge in [0.1, 0.15) is 0 Å².